The molecule has 6 nitrogen and oxygen atoms in total. The van der Waals surface area contributed by atoms with E-state index in [4.69, 9.17) is 0 Å². The maximum atomic E-state index is 12.6. The summed E-state index contributed by atoms with van der Waals surface area (Å²) in [4.78, 5) is 13.9. The Bertz CT molecular complexity index is 668. The van der Waals surface area contributed by atoms with Gasteiger partial charge in [0.15, 0.2) is 0 Å². The Morgan fingerprint density at radius 3 is 2.45 bits per heavy atom. The van der Waals surface area contributed by atoms with E-state index in [1.807, 2.05) is 0 Å². The van der Waals surface area contributed by atoms with Crippen LogP contribution in [0, 0.1) is 0 Å². The Morgan fingerprint density at radius 2 is 1.86 bits per heavy atom. The number of amides is 2. The molecule has 1 heterocycles. The maximum Gasteiger partial charge on any atom is 0.317 e. The average molecular weight is 388 g/mol. The first-order valence-corrected chi connectivity index (χ1v) is 9.51. The van der Waals surface area contributed by atoms with Crippen LogP contribution in [-0.4, -0.2) is 55.9 Å². The van der Waals surface area contributed by atoms with Crippen LogP contribution < -0.4 is 5.32 Å². The molecule has 3 rings (SSSR count). The largest absolute Gasteiger partial charge is 0.335 e. The molecule has 0 atom stereocenters. The minimum absolute atomic E-state index is 0.0815. The Hall–Kier alpha value is -1.12. The predicted octanol–water partition coefficient (Wildman–Crippen LogP) is 1.63. The van der Waals surface area contributed by atoms with Crippen molar-refractivity contribution in [1.29, 1.82) is 0 Å². The molecular formula is C14H18BrN3O3S. The van der Waals surface area contributed by atoms with Crippen LogP contribution in [0.25, 0.3) is 0 Å². The fourth-order valence-corrected chi connectivity index (χ4v) is 4.42. The van der Waals surface area contributed by atoms with Crippen molar-refractivity contribution in [2.24, 2.45) is 0 Å². The molecule has 0 radical (unpaired) electrons. The predicted molar refractivity (Wildman–Crippen MR) is 86.0 cm³/mol. The van der Waals surface area contributed by atoms with Crippen molar-refractivity contribution in [2.75, 3.05) is 26.2 Å². The molecule has 22 heavy (non-hydrogen) atoms. The molecule has 1 aliphatic heterocycles. The van der Waals surface area contributed by atoms with Gasteiger partial charge in [-0.25, -0.2) is 13.2 Å². The number of hydrogen-bond donors (Lipinski definition) is 1. The molecule has 1 saturated carbocycles. The van der Waals surface area contributed by atoms with Gasteiger partial charge < -0.3 is 10.2 Å². The molecule has 0 spiro atoms. The van der Waals surface area contributed by atoms with E-state index in [2.05, 4.69) is 21.2 Å². The second kappa shape index (κ2) is 6.17. The van der Waals surface area contributed by atoms with E-state index in [0.717, 1.165) is 17.3 Å². The summed E-state index contributed by atoms with van der Waals surface area (Å²) in [6, 6.07) is 6.92. The summed E-state index contributed by atoms with van der Waals surface area (Å²) in [6.45, 7) is 1.50. The lowest BCUT2D eigenvalue weighted by Gasteiger charge is -2.34. The van der Waals surface area contributed by atoms with E-state index in [0.29, 0.717) is 32.2 Å². The first-order chi connectivity index (χ1) is 10.5. The summed E-state index contributed by atoms with van der Waals surface area (Å²) < 4.78 is 27.4. The van der Waals surface area contributed by atoms with E-state index >= 15 is 0 Å². The molecule has 0 bridgehead atoms. The number of piperazine rings is 1. The van der Waals surface area contributed by atoms with Gasteiger partial charge in [-0.1, -0.05) is 22.0 Å². The quantitative estimate of drug-likeness (QED) is 0.856. The Morgan fingerprint density at radius 1 is 1.18 bits per heavy atom. The Kier molecular flexibility index (Phi) is 4.42. The summed E-state index contributed by atoms with van der Waals surface area (Å²) in [5.74, 6) is 0. The molecule has 1 aromatic rings. The molecule has 0 unspecified atom stereocenters. The smallest absolute Gasteiger partial charge is 0.317 e. The number of carbonyl (C=O) groups is 1. The summed E-state index contributed by atoms with van der Waals surface area (Å²) in [6.07, 6.45) is 2.09. The molecule has 1 aromatic carbocycles. The fourth-order valence-electron chi connectivity index (χ4n) is 2.40. The van der Waals surface area contributed by atoms with Crippen molar-refractivity contribution in [3.63, 3.8) is 0 Å². The van der Waals surface area contributed by atoms with E-state index in [1.54, 1.807) is 29.2 Å². The highest BCUT2D eigenvalue weighted by Crippen LogP contribution is 2.22. The van der Waals surface area contributed by atoms with Gasteiger partial charge in [0.2, 0.25) is 10.0 Å². The highest BCUT2D eigenvalue weighted by molar-refractivity contribution is 9.10. The molecule has 2 aliphatic rings. The molecule has 2 fully saturated rings. The molecule has 1 saturated heterocycles. The number of hydrogen-bond acceptors (Lipinski definition) is 3. The monoisotopic (exact) mass is 387 g/mol. The number of halogens is 1. The number of nitrogens with one attached hydrogen (secondary N) is 1. The lowest BCUT2D eigenvalue weighted by molar-refractivity contribution is 0.172. The van der Waals surface area contributed by atoms with Gasteiger partial charge in [-0.3, -0.25) is 0 Å². The average Bonchev–Trinajstić information content (AvgIpc) is 3.31. The molecule has 120 valence electrons. The Balaban J connectivity index is 1.63. The molecule has 1 aliphatic carbocycles. The summed E-state index contributed by atoms with van der Waals surface area (Å²) in [5, 5.41) is 2.93. The highest BCUT2D eigenvalue weighted by atomic mass is 79.9. The second-order valence-electron chi connectivity index (χ2n) is 5.57. The normalized spacial score (nSPS) is 20.0. The van der Waals surface area contributed by atoms with Crippen molar-refractivity contribution in [3.05, 3.63) is 28.7 Å². The standard InChI is InChI=1S/C14H18BrN3O3S/c15-11-2-1-3-13(10-11)22(20,21)18-8-6-17(7-9-18)14(19)16-12-4-5-12/h1-3,10,12H,4-9H2,(H,16,19). The van der Waals surface area contributed by atoms with Crippen LogP contribution in [0.3, 0.4) is 0 Å². The zero-order valence-corrected chi connectivity index (χ0v) is 14.4. The van der Waals surface area contributed by atoms with E-state index in [9.17, 15) is 13.2 Å². The van der Waals surface area contributed by atoms with E-state index in [1.165, 1.54) is 4.31 Å². The van der Waals surface area contributed by atoms with Crippen LogP contribution in [0.4, 0.5) is 4.79 Å². The minimum atomic E-state index is -3.50. The van der Waals surface area contributed by atoms with Crippen LogP contribution in [0.2, 0.25) is 0 Å². The first kappa shape index (κ1) is 15.8. The Labute approximate surface area is 138 Å². The van der Waals surface area contributed by atoms with Gasteiger partial charge in [-0.05, 0) is 31.0 Å². The topological polar surface area (TPSA) is 69.7 Å². The number of urea groups is 1. The third-order valence-corrected chi connectivity index (χ3v) is 6.25. The van der Waals surface area contributed by atoms with Gasteiger partial charge in [0.25, 0.3) is 0 Å². The zero-order chi connectivity index (χ0) is 15.7. The molecular weight excluding hydrogens is 370 g/mol. The van der Waals surface area contributed by atoms with Crippen LogP contribution in [0.5, 0.6) is 0 Å². The molecule has 1 N–H and O–H groups in total. The zero-order valence-electron chi connectivity index (χ0n) is 12.0. The van der Waals surface area contributed by atoms with Crippen molar-refractivity contribution < 1.29 is 13.2 Å². The molecule has 8 heteroatoms. The first-order valence-electron chi connectivity index (χ1n) is 7.28. The lowest BCUT2D eigenvalue weighted by Crippen LogP contribution is -2.53. The van der Waals surface area contributed by atoms with Gasteiger partial charge >= 0.3 is 6.03 Å². The summed E-state index contributed by atoms with van der Waals surface area (Å²) in [5.41, 5.74) is 0. The van der Waals surface area contributed by atoms with Crippen molar-refractivity contribution >= 4 is 32.0 Å². The van der Waals surface area contributed by atoms with Crippen LogP contribution in [0.1, 0.15) is 12.8 Å². The number of rotatable bonds is 3. The second-order valence-corrected chi connectivity index (χ2v) is 8.43. The van der Waals surface area contributed by atoms with Gasteiger partial charge in [-0.2, -0.15) is 4.31 Å². The van der Waals surface area contributed by atoms with E-state index in [-0.39, 0.29) is 10.9 Å². The van der Waals surface area contributed by atoms with Crippen LogP contribution in [-0.2, 0) is 10.0 Å². The van der Waals surface area contributed by atoms with Gasteiger partial charge in [-0.15, -0.1) is 0 Å². The number of nitrogens with zero attached hydrogens (tertiary/aromatic N) is 2. The number of carbonyl (C=O) groups excluding carboxylic acids is 1. The van der Waals surface area contributed by atoms with Gasteiger partial charge in [0.1, 0.15) is 0 Å². The van der Waals surface area contributed by atoms with E-state index < -0.39 is 10.0 Å². The molecule has 2 amide bonds. The lowest BCUT2D eigenvalue weighted by atomic mass is 10.4. The van der Waals surface area contributed by atoms with Gasteiger partial charge in [0.05, 0.1) is 4.90 Å². The fraction of sp³-hybridized carbons (Fsp3) is 0.500. The van der Waals surface area contributed by atoms with Crippen molar-refractivity contribution in [2.45, 2.75) is 23.8 Å². The number of sulfonamides is 1. The number of benzene rings is 1. The van der Waals surface area contributed by atoms with Crippen LogP contribution in [0.15, 0.2) is 33.6 Å². The van der Waals surface area contributed by atoms with Crippen molar-refractivity contribution in [3.8, 4) is 0 Å². The summed E-state index contributed by atoms with van der Waals surface area (Å²) in [7, 11) is -3.50. The maximum absolute atomic E-state index is 12.6. The summed E-state index contributed by atoms with van der Waals surface area (Å²) >= 11 is 3.29. The molecule has 0 aromatic heterocycles. The minimum Gasteiger partial charge on any atom is -0.335 e. The van der Waals surface area contributed by atoms with Crippen LogP contribution >= 0.6 is 15.9 Å². The van der Waals surface area contributed by atoms with Crippen molar-refractivity contribution in [1.82, 2.24) is 14.5 Å². The highest BCUT2D eigenvalue weighted by Gasteiger charge is 2.32. The third kappa shape index (κ3) is 3.44. The van der Waals surface area contributed by atoms with Gasteiger partial charge in [0, 0.05) is 36.7 Å². The third-order valence-electron chi connectivity index (χ3n) is 3.86. The SMILES string of the molecule is O=C(NC1CC1)N1CCN(S(=O)(=O)c2cccc(Br)c2)CC1.